The molecule has 0 aliphatic heterocycles. The molecule has 0 bridgehead atoms. The summed E-state index contributed by atoms with van der Waals surface area (Å²) in [6, 6.07) is 0. The van der Waals surface area contributed by atoms with Crippen LogP contribution in [0.3, 0.4) is 0 Å². The first-order valence-corrected chi connectivity index (χ1v) is 2.78. The summed E-state index contributed by atoms with van der Waals surface area (Å²) >= 11 is 4.28. The van der Waals surface area contributed by atoms with E-state index in [1.54, 1.807) is 0 Å². The normalized spacial score (nSPS) is 5.60. The second kappa shape index (κ2) is 3.98. The van der Waals surface area contributed by atoms with Crippen LogP contribution in [-0.4, -0.2) is 11.7 Å². The van der Waals surface area contributed by atoms with Gasteiger partial charge in [-0.15, -0.1) is 0 Å². The molecule has 0 fully saturated rings. The Morgan fingerprint density at radius 3 is 2.40 bits per heavy atom. The van der Waals surface area contributed by atoms with Gasteiger partial charge in [-0.2, -0.15) is 0 Å². The van der Waals surface area contributed by atoms with Crippen molar-refractivity contribution >= 4 is 32.8 Å². The van der Waals surface area contributed by atoms with Gasteiger partial charge in [0, 0.05) is 5.37 Å². The van der Waals surface area contributed by atoms with E-state index in [4.69, 9.17) is 0 Å². The molecule has 0 rings (SSSR count). The molecule has 0 aromatic carbocycles. The monoisotopic (exact) mass is 106 g/mol. The van der Waals surface area contributed by atoms with Crippen molar-refractivity contribution in [1.29, 1.82) is 0 Å². The minimum absolute atomic E-state index is 0.664. The fraction of sp³-hybridized carbons (Fsp3) is 0. The molecular weight excluding hydrogens is 104 g/mol. The van der Waals surface area contributed by atoms with Crippen LogP contribution in [0.2, 0.25) is 0 Å². The lowest BCUT2D eigenvalue weighted by atomic mass is 10.9. The van der Waals surface area contributed by atoms with E-state index in [9.17, 15) is 4.79 Å². The Kier molecular flexibility index (Phi) is 3.96. The highest BCUT2D eigenvalue weighted by molar-refractivity contribution is 8.17. The van der Waals surface area contributed by atoms with Crippen molar-refractivity contribution in [2.24, 2.45) is 0 Å². The van der Waals surface area contributed by atoms with Crippen LogP contribution in [0.25, 0.3) is 0 Å². The second-order valence-corrected chi connectivity index (χ2v) is 1.41. The van der Waals surface area contributed by atoms with Crippen LogP contribution in [0, 0.1) is 0 Å². The smallest absolute Gasteiger partial charge is 0.153 e. The molecule has 0 aliphatic rings. The van der Waals surface area contributed by atoms with Gasteiger partial charge in [-0.05, 0) is 11.2 Å². The fourth-order valence-electron chi connectivity index (χ4n) is 0.0227. The van der Waals surface area contributed by atoms with Crippen LogP contribution in [0.15, 0.2) is 0 Å². The lowest BCUT2D eigenvalue weighted by molar-refractivity contribution is -0.102. The van der Waals surface area contributed by atoms with Crippen LogP contribution < -0.4 is 0 Å². The zero-order valence-corrected chi connectivity index (χ0v) is 4.01. The largest absolute Gasteiger partial charge is 0.298 e. The zero-order valence-electron chi connectivity index (χ0n) is 2.38. The lowest BCUT2D eigenvalue weighted by Gasteiger charge is -1.39. The Balaban J connectivity index is 3.31. The van der Waals surface area contributed by atoms with Crippen molar-refractivity contribution in [2.45, 2.75) is 0 Å². The van der Waals surface area contributed by atoms with Gasteiger partial charge in [0.05, 0.1) is 0 Å². The van der Waals surface area contributed by atoms with E-state index < -0.39 is 0 Å². The van der Waals surface area contributed by atoms with E-state index in [-0.39, 0.29) is 0 Å². The molecule has 0 spiro atoms. The third-order valence-electron chi connectivity index (χ3n) is 0.111. The molecule has 0 unspecified atom stereocenters. The van der Waals surface area contributed by atoms with Crippen molar-refractivity contribution < 1.29 is 4.79 Å². The summed E-state index contributed by atoms with van der Waals surface area (Å²) in [6.45, 7) is 0. The maximum atomic E-state index is 9.26. The average molecular weight is 106 g/mol. The molecule has 0 aromatic heterocycles. The van der Waals surface area contributed by atoms with Crippen molar-refractivity contribution in [3.05, 3.63) is 0 Å². The lowest BCUT2D eigenvalue weighted by Crippen LogP contribution is -1.63. The molecule has 0 amide bonds. The molecule has 0 radical (unpaired) electrons. The van der Waals surface area contributed by atoms with E-state index in [0.717, 1.165) is 9.91 Å². The third-order valence-corrected chi connectivity index (χ3v) is 0.667. The Morgan fingerprint density at radius 2 is 2.40 bits per heavy atom. The number of carbonyl (C=O) groups is 1. The highest BCUT2D eigenvalue weighted by Gasteiger charge is 1.45. The van der Waals surface area contributed by atoms with E-state index >= 15 is 0 Å². The molecule has 0 aromatic rings. The zero-order chi connectivity index (χ0) is 4.12. The van der Waals surface area contributed by atoms with Gasteiger partial charge in [0.25, 0.3) is 0 Å². The average Bonchev–Trinajstić information content (AvgIpc) is 1.41. The van der Waals surface area contributed by atoms with Gasteiger partial charge in [0.1, 0.15) is 0 Å². The maximum Gasteiger partial charge on any atom is 0.153 e. The SMILES string of the molecule is O=CC=S=S. The minimum atomic E-state index is 0.664. The molecule has 1 nitrogen and oxygen atoms in total. The first-order valence-electron chi connectivity index (χ1n) is 0.971. The van der Waals surface area contributed by atoms with Gasteiger partial charge >= 0.3 is 0 Å². The molecule has 0 heterocycles. The number of carbonyl (C=O) groups excluding carboxylic acids is 1. The predicted molar refractivity (Wildman–Crippen MR) is 26.9 cm³/mol. The van der Waals surface area contributed by atoms with Gasteiger partial charge in [-0.1, -0.05) is 9.91 Å². The van der Waals surface area contributed by atoms with Gasteiger partial charge in [0.2, 0.25) is 0 Å². The van der Waals surface area contributed by atoms with Crippen molar-refractivity contribution in [3.63, 3.8) is 0 Å². The van der Waals surface area contributed by atoms with E-state index in [1.807, 2.05) is 0 Å². The summed E-state index contributed by atoms with van der Waals surface area (Å²) in [5.41, 5.74) is 0. The summed E-state index contributed by atoms with van der Waals surface area (Å²) in [6.07, 6.45) is 0.664. The molecular formula is C2H2OS2. The summed E-state index contributed by atoms with van der Waals surface area (Å²) in [4.78, 5) is 9.26. The first-order chi connectivity index (χ1) is 2.41. The number of hydrogen-bond donors (Lipinski definition) is 0. The standard InChI is InChI=1S/C2H2OS2/c3-1-2-5-4/h1-2H. The van der Waals surface area contributed by atoms with E-state index in [0.29, 0.717) is 6.29 Å². The fourth-order valence-corrected chi connectivity index (χ4v) is 0.204. The Morgan fingerprint density at radius 1 is 1.80 bits per heavy atom. The second-order valence-electron chi connectivity index (χ2n) is 0.368. The molecule has 0 atom stereocenters. The maximum absolute atomic E-state index is 9.26. The highest BCUT2D eigenvalue weighted by atomic mass is 32.8. The summed E-state index contributed by atoms with van der Waals surface area (Å²) < 4.78 is 0. The summed E-state index contributed by atoms with van der Waals surface area (Å²) in [5, 5.41) is 1.30. The number of hydrogen-bond acceptors (Lipinski definition) is 2. The van der Waals surface area contributed by atoms with Crippen molar-refractivity contribution in [2.75, 3.05) is 0 Å². The van der Waals surface area contributed by atoms with Crippen LogP contribution in [-0.2, 0) is 25.9 Å². The predicted octanol–water partition coefficient (Wildman–Crippen LogP) is -0.468. The van der Waals surface area contributed by atoms with Crippen LogP contribution >= 0.6 is 0 Å². The van der Waals surface area contributed by atoms with Gasteiger partial charge < -0.3 is 0 Å². The summed E-state index contributed by atoms with van der Waals surface area (Å²) in [5.74, 6) is 0. The molecule has 0 aliphatic carbocycles. The van der Waals surface area contributed by atoms with Gasteiger partial charge in [0.15, 0.2) is 6.29 Å². The molecule has 5 heavy (non-hydrogen) atoms. The minimum Gasteiger partial charge on any atom is -0.298 e. The molecule has 0 saturated heterocycles. The Hall–Kier alpha value is -0.0200. The van der Waals surface area contributed by atoms with Crippen molar-refractivity contribution in [3.8, 4) is 0 Å². The molecule has 0 saturated carbocycles. The highest BCUT2D eigenvalue weighted by Crippen LogP contribution is 1.22. The van der Waals surface area contributed by atoms with Gasteiger partial charge in [-0.3, -0.25) is 4.79 Å². The van der Waals surface area contributed by atoms with E-state index in [1.165, 1.54) is 5.37 Å². The molecule has 3 heteroatoms. The number of aldehydes is 1. The topological polar surface area (TPSA) is 17.1 Å². The number of rotatable bonds is 1. The van der Waals surface area contributed by atoms with Crippen LogP contribution in [0.5, 0.6) is 0 Å². The van der Waals surface area contributed by atoms with Crippen LogP contribution in [0.1, 0.15) is 0 Å². The molecule has 28 valence electrons. The van der Waals surface area contributed by atoms with E-state index in [2.05, 4.69) is 11.2 Å². The third kappa shape index (κ3) is 3.98. The van der Waals surface area contributed by atoms with Crippen LogP contribution in [0.4, 0.5) is 0 Å². The summed E-state index contributed by atoms with van der Waals surface area (Å²) in [7, 11) is 0.992. The Labute approximate surface area is 38.2 Å². The molecule has 0 N–H and O–H groups in total. The van der Waals surface area contributed by atoms with Gasteiger partial charge in [-0.25, -0.2) is 0 Å². The Bertz CT molecular complexity index is 71.7. The quantitative estimate of drug-likeness (QED) is 0.332. The first kappa shape index (κ1) is 4.98. The van der Waals surface area contributed by atoms with Crippen molar-refractivity contribution in [1.82, 2.24) is 0 Å².